The molecule has 0 radical (unpaired) electrons. The molecule has 0 spiro atoms. The van der Waals surface area contributed by atoms with E-state index < -0.39 is 0 Å². The van der Waals surface area contributed by atoms with Gasteiger partial charge in [0, 0.05) is 11.3 Å². The first kappa shape index (κ1) is 13.2. The molecule has 3 N–H and O–H groups in total. The third-order valence-corrected chi connectivity index (χ3v) is 3.04. The van der Waals surface area contributed by atoms with Gasteiger partial charge in [0.1, 0.15) is 17.3 Å². The van der Waals surface area contributed by atoms with Gasteiger partial charge in [0.05, 0.1) is 6.04 Å². The Hall–Kier alpha value is -2.23. The summed E-state index contributed by atoms with van der Waals surface area (Å²) in [6.07, 6.45) is 0. The van der Waals surface area contributed by atoms with Crippen LogP contribution in [0.5, 0.6) is 11.5 Å². The quantitative estimate of drug-likeness (QED) is 0.738. The number of phenolic OH excluding ortho intramolecular Hbond substituents is 2. The summed E-state index contributed by atoms with van der Waals surface area (Å²) in [5.41, 5.74) is 2.16. The van der Waals surface area contributed by atoms with Gasteiger partial charge in [0.2, 0.25) is 0 Å². The zero-order valence-electron chi connectivity index (χ0n) is 10.8. The molecule has 1 atom stereocenters. The summed E-state index contributed by atoms with van der Waals surface area (Å²) >= 11 is 0. The van der Waals surface area contributed by atoms with Gasteiger partial charge in [0.25, 0.3) is 0 Å². The van der Waals surface area contributed by atoms with Crippen molar-refractivity contribution in [2.45, 2.75) is 19.9 Å². The third-order valence-electron chi connectivity index (χ3n) is 3.04. The Morgan fingerprint density at radius 1 is 1.11 bits per heavy atom. The van der Waals surface area contributed by atoms with Crippen LogP contribution in [0.25, 0.3) is 0 Å². The molecule has 0 aliphatic rings. The molecule has 2 aromatic carbocycles. The maximum Gasteiger partial charge on any atom is 0.123 e. The molecule has 4 heteroatoms. The second-order valence-electron chi connectivity index (χ2n) is 4.57. The summed E-state index contributed by atoms with van der Waals surface area (Å²) in [6, 6.07) is 8.64. The monoisotopic (exact) mass is 261 g/mol. The lowest BCUT2D eigenvalue weighted by atomic mass is 10.1. The zero-order chi connectivity index (χ0) is 14.0. The maximum atomic E-state index is 13.0. The molecule has 19 heavy (non-hydrogen) atoms. The van der Waals surface area contributed by atoms with Crippen LogP contribution in [0.15, 0.2) is 36.4 Å². The van der Waals surface area contributed by atoms with Crippen molar-refractivity contribution >= 4 is 5.69 Å². The highest BCUT2D eigenvalue weighted by atomic mass is 19.1. The molecule has 2 aromatic rings. The van der Waals surface area contributed by atoms with E-state index in [1.807, 2.05) is 6.92 Å². The van der Waals surface area contributed by atoms with Gasteiger partial charge in [-0.1, -0.05) is 0 Å². The fourth-order valence-corrected chi connectivity index (χ4v) is 1.99. The highest BCUT2D eigenvalue weighted by molar-refractivity contribution is 5.53. The first-order valence-corrected chi connectivity index (χ1v) is 6.02. The number of aryl methyl sites for hydroxylation is 1. The van der Waals surface area contributed by atoms with E-state index in [9.17, 15) is 14.6 Å². The number of nitrogens with one attached hydrogen (secondary N) is 1. The van der Waals surface area contributed by atoms with Crippen LogP contribution < -0.4 is 5.32 Å². The molecule has 0 aromatic heterocycles. The molecular formula is C15H16FNO2. The Labute approximate surface area is 111 Å². The van der Waals surface area contributed by atoms with Gasteiger partial charge in [-0.25, -0.2) is 4.39 Å². The summed E-state index contributed by atoms with van der Waals surface area (Å²) in [5, 5.41) is 22.4. The number of phenols is 2. The molecule has 2 rings (SSSR count). The van der Waals surface area contributed by atoms with Crippen molar-refractivity contribution in [3.63, 3.8) is 0 Å². The number of aromatic hydroxyl groups is 2. The summed E-state index contributed by atoms with van der Waals surface area (Å²) < 4.78 is 13.0. The fraction of sp³-hybridized carbons (Fsp3) is 0.200. The molecule has 0 aliphatic heterocycles. The smallest absolute Gasteiger partial charge is 0.123 e. The van der Waals surface area contributed by atoms with Crippen molar-refractivity contribution in [3.05, 3.63) is 53.3 Å². The van der Waals surface area contributed by atoms with E-state index >= 15 is 0 Å². The minimum atomic E-state index is -0.282. The van der Waals surface area contributed by atoms with Gasteiger partial charge in [-0.2, -0.15) is 0 Å². The first-order valence-electron chi connectivity index (χ1n) is 6.02. The number of anilines is 1. The van der Waals surface area contributed by atoms with Crippen molar-refractivity contribution in [2.24, 2.45) is 0 Å². The SMILES string of the molecule is Cc1cc(F)ccc1NC(C)c1cc(O)ccc1O. The van der Waals surface area contributed by atoms with Gasteiger partial charge < -0.3 is 15.5 Å². The predicted octanol–water partition coefficient (Wildman–Crippen LogP) is 3.72. The molecule has 0 aliphatic carbocycles. The summed E-state index contributed by atoms with van der Waals surface area (Å²) in [4.78, 5) is 0. The minimum absolute atomic E-state index is 0.0947. The second kappa shape index (κ2) is 5.18. The molecule has 3 nitrogen and oxygen atoms in total. The zero-order valence-corrected chi connectivity index (χ0v) is 10.8. The van der Waals surface area contributed by atoms with E-state index in [4.69, 9.17) is 0 Å². The van der Waals surface area contributed by atoms with Gasteiger partial charge in [-0.3, -0.25) is 0 Å². The van der Waals surface area contributed by atoms with Crippen molar-refractivity contribution in [1.82, 2.24) is 0 Å². The Balaban J connectivity index is 2.25. The van der Waals surface area contributed by atoms with Crippen LogP contribution >= 0.6 is 0 Å². The molecule has 0 saturated heterocycles. The van der Waals surface area contributed by atoms with Crippen molar-refractivity contribution in [3.8, 4) is 11.5 Å². The number of benzene rings is 2. The van der Waals surface area contributed by atoms with Gasteiger partial charge in [-0.05, 0) is 55.8 Å². The van der Waals surface area contributed by atoms with Crippen molar-refractivity contribution in [1.29, 1.82) is 0 Å². The fourth-order valence-electron chi connectivity index (χ4n) is 1.99. The third kappa shape index (κ3) is 2.96. The molecule has 1 unspecified atom stereocenters. The largest absolute Gasteiger partial charge is 0.508 e. The highest BCUT2D eigenvalue weighted by Crippen LogP contribution is 2.30. The molecular weight excluding hydrogens is 245 g/mol. The van der Waals surface area contributed by atoms with Crippen molar-refractivity contribution in [2.75, 3.05) is 5.32 Å². The standard InChI is InChI=1S/C15H16FNO2/c1-9-7-11(16)3-5-14(9)17-10(2)13-8-12(18)4-6-15(13)19/h3-8,10,17-19H,1-2H3. The van der Waals surface area contributed by atoms with E-state index in [0.29, 0.717) is 5.56 Å². The maximum absolute atomic E-state index is 13.0. The van der Waals surface area contributed by atoms with E-state index in [0.717, 1.165) is 11.3 Å². The van der Waals surface area contributed by atoms with Crippen LogP contribution in [-0.2, 0) is 0 Å². The Bertz CT molecular complexity index is 599. The van der Waals surface area contributed by atoms with Gasteiger partial charge in [0.15, 0.2) is 0 Å². The number of rotatable bonds is 3. The van der Waals surface area contributed by atoms with E-state index in [1.165, 1.54) is 30.3 Å². The number of hydrogen-bond donors (Lipinski definition) is 3. The molecule has 100 valence electrons. The molecule has 0 amide bonds. The lowest BCUT2D eigenvalue weighted by Crippen LogP contribution is -2.08. The van der Waals surface area contributed by atoms with Gasteiger partial charge in [-0.15, -0.1) is 0 Å². The van der Waals surface area contributed by atoms with Crippen LogP contribution in [0.4, 0.5) is 10.1 Å². The van der Waals surface area contributed by atoms with E-state index in [-0.39, 0.29) is 23.4 Å². The lowest BCUT2D eigenvalue weighted by molar-refractivity contribution is 0.451. The van der Waals surface area contributed by atoms with Crippen molar-refractivity contribution < 1.29 is 14.6 Å². The first-order chi connectivity index (χ1) is 8.97. The lowest BCUT2D eigenvalue weighted by Gasteiger charge is -2.18. The van der Waals surface area contributed by atoms with Crippen LogP contribution in [0, 0.1) is 12.7 Å². The topological polar surface area (TPSA) is 52.5 Å². The molecule has 0 bridgehead atoms. The van der Waals surface area contributed by atoms with E-state index in [2.05, 4.69) is 5.32 Å². The van der Waals surface area contributed by atoms with Gasteiger partial charge >= 0.3 is 0 Å². The Kier molecular flexibility index (Phi) is 3.60. The minimum Gasteiger partial charge on any atom is -0.508 e. The average molecular weight is 261 g/mol. The van der Waals surface area contributed by atoms with Crippen LogP contribution in [0.1, 0.15) is 24.1 Å². The number of halogens is 1. The van der Waals surface area contributed by atoms with Crippen LogP contribution in [0.3, 0.4) is 0 Å². The Morgan fingerprint density at radius 3 is 2.53 bits per heavy atom. The number of hydrogen-bond acceptors (Lipinski definition) is 3. The van der Waals surface area contributed by atoms with Crippen LogP contribution in [0.2, 0.25) is 0 Å². The summed E-state index contributed by atoms with van der Waals surface area (Å²) in [6.45, 7) is 3.66. The second-order valence-corrected chi connectivity index (χ2v) is 4.57. The van der Waals surface area contributed by atoms with E-state index in [1.54, 1.807) is 13.0 Å². The Morgan fingerprint density at radius 2 is 1.84 bits per heavy atom. The molecule has 0 saturated carbocycles. The normalized spacial score (nSPS) is 12.2. The average Bonchev–Trinajstić information content (AvgIpc) is 2.35. The molecule has 0 heterocycles. The van der Waals surface area contributed by atoms with Crippen LogP contribution in [-0.4, -0.2) is 10.2 Å². The molecule has 0 fully saturated rings. The summed E-state index contributed by atoms with van der Waals surface area (Å²) in [7, 11) is 0. The highest BCUT2D eigenvalue weighted by Gasteiger charge is 2.12. The summed E-state index contributed by atoms with van der Waals surface area (Å²) in [5.74, 6) is -0.0780. The predicted molar refractivity (Wildman–Crippen MR) is 72.9 cm³/mol.